The van der Waals surface area contributed by atoms with Gasteiger partial charge in [0.25, 0.3) is 0 Å². The molecule has 1 aromatic rings. The Morgan fingerprint density at radius 2 is 2.23 bits per heavy atom. The SMILES string of the molecule is CC(C)=CC(N)c1cncc(Br)c1. The summed E-state index contributed by atoms with van der Waals surface area (Å²) in [7, 11) is 0. The third kappa shape index (κ3) is 3.28. The zero-order chi connectivity index (χ0) is 9.84. The lowest BCUT2D eigenvalue weighted by molar-refractivity contribution is 0.888. The topological polar surface area (TPSA) is 38.9 Å². The van der Waals surface area contributed by atoms with Gasteiger partial charge in [-0.2, -0.15) is 0 Å². The molecule has 70 valence electrons. The van der Waals surface area contributed by atoms with E-state index in [2.05, 4.69) is 20.9 Å². The predicted molar refractivity (Wildman–Crippen MR) is 58.3 cm³/mol. The molecule has 0 radical (unpaired) electrons. The predicted octanol–water partition coefficient (Wildman–Crippen LogP) is 2.81. The van der Waals surface area contributed by atoms with Crippen molar-refractivity contribution < 1.29 is 0 Å². The number of pyridine rings is 1. The highest BCUT2D eigenvalue weighted by Crippen LogP contribution is 2.16. The van der Waals surface area contributed by atoms with E-state index in [1.54, 1.807) is 12.4 Å². The van der Waals surface area contributed by atoms with Gasteiger partial charge < -0.3 is 5.73 Å². The quantitative estimate of drug-likeness (QED) is 0.808. The normalized spacial score (nSPS) is 12.3. The summed E-state index contributed by atoms with van der Waals surface area (Å²) in [4.78, 5) is 4.06. The summed E-state index contributed by atoms with van der Waals surface area (Å²) in [5.74, 6) is 0. The van der Waals surface area contributed by atoms with Gasteiger partial charge in [0.1, 0.15) is 0 Å². The molecule has 0 fully saturated rings. The maximum atomic E-state index is 5.93. The van der Waals surface area contributed by atoms with Crippen molar-refractivity contribution in [3.05, 3.63) is 40.1 Å². The van der Waals surface area contributed by atoms with E-state index in [0.29, 0.717) is 0 Å². The highest BCUT2D eigenvalue weighted by molar-refractivity contribution is 9.10. The lowest BCUT2D eigenvalue weighted by atomic mass is 10.1. The van der Waals surface area contributed by atoms with Crippen molar-refractivity contribution in [3.8, 4) is 0 Å². The highest BCUT2D eigenvalue weighted by atomic mass is 79.9. The Hall–Kier alpha value is -0.670. The molecular weight excluding hydrogens is 228 g/mol. The van der Waals surface area contributed by atoms with Crippen LogP contribution in [0.15, 0.2) is 34.6 Å². The molecule has 1 aromatic heterocycles. The molecule has 0 aliphatic carbocycles. The molecule has 3 heteroatoms. The molecule has 0 amide bonds. The van der Waals surface area contributed by atoms with Gasteiger partial charge in [0.15, 0.2) is 0 Å². The van der Waals surface area contributed by atoms with Gasteiger partial charge in [0.05, 0.1) is 0 Å². The number of hydrogen-bond acceptors (Lipinski definition) is 2. The summed E-state index contributed by atoms with van der Waals surface area (Å²) in [6.07, 6.45) is 5.55. The van der Waals surface area contributed by atoms with Crippen LogP contribution in [0.3, 0.4) is 0 Å². The van der Waals surface area contributed by atoms with Crippen LogP contribution >= 0.6 is 15.9 Å². The molecule has 0 aromatic carbocycles. The number of rotatable bonds is 2. The maximum Gasteiger partial charge on any atom is 0.0499 e. The summed E-state index contributed by atoms with van der Waals surface area (Å²) >= 11 is 3.36. The molecule has 13 heavy (non-hydrogen) atoms. The summed E-state index contributed by atoms with van der Waals surface area (Å²) in [5.41, 5.74) is 8.17. The van der Waals surface area contributed by atoms with Crippen LogP contribution in [-0.4, -0.2) is 4.98 Å². The van der Waals surface area contributed by atoms with E-state index in [9.17, 15) is 0 Å². The molecule has 1 rings (SSSR count). The lowest BCUT2D eigenvalue weighted by Gasteiger charge is -2.07. The Morgan fingerprint density at radius 1 is 1.54 bits per heavy atom. The van der Waals surface area contributed by atoms with E-state index in [0.717, 1.165) is 10.0 Å². The smallest absolute Gasteiger partial charge is 0.0499 e. The first kappa shape index (κ1) is 10.4. The standard InChI is InChI=1S/C10H13BrN2/c1-7(2)3-10(12)8-4-9(11)6-13-5-8/h3-6,10H,12H2,1-2H3. The summed E-state index contributed by atoms with van der Waals surface area (Å²) < 4.78 is 0.961. The number of nitrogens with two attached hydrogens (primary N) is 1. The Bertz CT molecular complexity index is 316. The Morgan fingerprint density at radius 3 is 2.77 bits per heavy atom. The Labute approximate surface area is 87.0 Å². The van der Waals surface area contributed by atoms with Crippen LogP contribution in [0.1, 0.15) is 25.5 Å². The largest absolute Gasteiger partial charge is 0.321 e. The van der Waals surface area contributed by atoms with Crippen LogP contribution < -0.4 is 5.73 Å². The zero-order valence-electron chi connectivity index (χ0n) is 7.79. The minimum Gasteiger partial charge on any atom is -0.321 e. The number of hydrogen-bond donors (Lipinski definition) is 1. The van der Waals surface area contributed by atoms with Crippen molar-refractivity contribution in [1.29, 1.82) is 0 Å². The highest BCUT2D eigenvalue weighted by Gasteiger charge is 2.02. The zero-order valence-corrected chi connectivity index (χ0v) is 9.38. The second-order valence-electron chi connectivity index (χ2n) is 3.21. The van der Waals surface area contributed by atoms with Crippen molar-refractivity contribution >= 4 is 15.9 Å². The second-order valence-corrected chi connectivity index (χ2v) is 4.12. The van der Waals surface area contributed by atoms with Crippen LogP contribution in [0.2, 0.25) is 0 Å². The van der Waals surface area contributed by atoms with E-state index in [1.807, 2.05) is 26.0 Å². The van der Waals surface area contributed by atoms with Crippen LogP contribution in [0.5, 0.6) is 0 Å². The van der Waals surface area contributed by atoms with Gasteiger partial charge in [-0.25, -0.2) is 0 Å². The summed E-state index contributed by atoms with van der Waals surface area (Å²) in [5, 5.41) is 0. The van der Waals surface area contributed by atoms with E-state index in [4.69, 9.17) is 5.73 Å². The van der Waals surface area contributed by atoms with E-state index in [-0.39, 0.29) is 6.04 Å². The lowest BCUT2D eigenvalue weighted by Crippen LogP contribution is -2.07. The van der Waals surface area contributed by atoms with Gasteiger partial charge in [-0.15, -0.1) is 0 Å². The molecule has 1 atom stereocenters. The average Bonchev–Trinajstić information content (AvgIpc) is 2.03. The third-order valence-electron chi connectivity index (χ3n) is 1.62. The van der Waals surface area contributed by atoms with Crippen LogP contribution in [0.4, 0.5) is 0 Å². The van der Waals surface area contributed by atoms with Crippen LogP contribution in [0, 0.1) is 0 Å². The van der Waals surface area contributed by atoms with Crippen LogP contribution in [-0.2, 0) is 0 Å². The monoisotopic (exact) mass is 240 g/mol. The summed E-state index contributed by atoms with van der Waals surface area (Å²) in [6.45, 7) is 4.07. The Balaban J connectivity index is 2.89. The molecule has 2 nitrogen and oxygen atoms in total. The average molecular weight is 241 g/mol. The van der Waals surface area contributed by atoms with Gasteiger partial charge >= 0.3 is 0 Å². The molecule has 0 bridgehead atoms. The van der Waals surface area contributed by atoms with E-state index < -0.39 is 0 Å². The van der Waals surface area contributed by atoms with Gasteiger partial charge in [0.2, 0.25) is 0 Å². The minimum absolute atomic E-state index is 0.0602. The van der Waals surface area contributed by atoms with E-state index >= 15 is 0 Å². The number of halogens is 1. The van der Waals surface area contributed by atoms with Crippen molar-refractivity contribution in [3.63, 3.8) is 0 Å². The first-order chi connectivity index (χ1) is 6.09. The van der Waals surface area contributed by atoms with E-state index in [1.165, 1.54) is 5.57 Å². The van der Waals surface area contributed by atoms with Gasteiger partial charge in [-0.1, -0.05) is 11.6 Å². The van der Waals surface area contributed by atoms with Crippen molar-refractivity contribution in [2.24, 2.45) is 5.73 Å². The number of aromatic nitrogens is 1. The van der Waals surface area contributed by atoms with Gasteiger partial charge in [-0.05, 0) is 41.4 Å². The van der Waals surface area contributed by atoms with Crippen molar-refractivity contribution in [2.45, 2.75) is 19.9 Å². The van der Waals surface area contributed by atoms with Crippen molar-refractivity contribution in [1.82, 2.24) is 4.98 Å². The fraction of sp³-hybridized carbons (Fsp3) is 0.300. The molecule has 0 aliphatic rings. The maximum absolute atomic E-state index is 5.93. The third-order valence-corrected chi connectivity index (χ3v) is 2.06. The molecule has 0 spiro atoms. The fourth-order valence-corrected chi connectivity index (χ4v) is 1.45. The Kier molecular flexibility index (Phi) is 3.63. The molecule has 0 saturated carbocycles. The molecule has 0 aliphatic heterocycles. The minimum atomic E-state index is -0.0602. The molecular formula is C10H13BrN2. The van der Waals surface area contributed by atoms with Gasteiger partial charge in [-0.3, -0.25) is 4.98 Å². The van der Waals surface area contributed by atoms with Crippen LogP contribution in [0.25, 0.3) is 0 Å². The summed E-state index contributed by atoms with van der Waals surface area (Å²) in [6, 6.07) is 1.92. The molecule has 1 unspecified atom stereocenters. The number of allylic oxidation sites excluding steroid dienone is 1. The first-order valence-electron chi connectivity index (χ1n) is 4.10. The second kappa shape index (κ2) is 4.53. The molecule has 2 N–H and O–H groups in total. The molecule has 0 saturated heterocycles. The fourth-order valence-electron chi connectivity index (χ4n) is 1.07. The molecule has 1 heterocycles. The van der Waals surface area contributed by atoms with Crippen molar-refractivity contribution in [2.75, 3.05) is 0 Å². The van der Waals surface area contributed by atoms with Gasteiger partial charge in [0, 0.05) is 22.9 Å². The number of nitrogens with zero attached hydrogens (tertiary/aromatic N) is 1. The first-order valence-corrected chi connectivity index (χ1v) is 4.90.